The van der Waals surface area contributed by atoms with Gasteiger partial charge < -0.3 is 10.1 Å². The summed E-state index contributed by atoms with van der Waals surface area (Å²) in [6.07, 6.45) is 14.2. The molecule has 1 N–H and O–H groups in total. The lowest BCUT2D eigenvalue weighted by atomic mass is 9.80. The highest BCUT2D eigenvalue weighted by molar-refractivity contribution is 4.80. The van der Waals surface area contributed by atoms with E-state index in [1.165, 1.54) is 64.2 Å². The molecule has 2 aliphatic rings. The van der Waals surface area contributed by atoms with E-state index in [1.807, 2.05) is 0 Å². The number of ether oxygens (including phenoxy) is 1. The molecule has 0 bridgehead atoms. The maximum absolute atomic E-state index is 5.48. The van der Waals surface area contributed by atoms with Crippen molar-refractivity contribution in [1.82, 2.24) is 5.32 Å². The first kappa shape index (κ1) is 14.3. The minimum absolute atomic E-state index is 0.756. The Labute approximate surface area is 113 Å². The zero-order valence-electron chi connectivity index (χ0n) is 12.1. The quantitative estimate of drug-likeness (QED) is 0.824. The molecule has 1 aliphatic carbocycles. The van der Waals surface area contributed by atoms with Gasteiger partial charge in [-0.3, -0.25) is 0 Å². The van der Waals surface area contributed by atoms with Gasteiger partial charge in [0, 0.05) is 19.3 Å². The van der Waals surface area contributed by atoms with Crippen LogP contribution < -0.4 is 5.32 Å². The predicted octanol–water partition coefficient (Wildman–Crippen LogP) is 3.75. The highest BCUT2D eigenvalue weighted by Gasteiger charge is 2.25. The maximum Gasteiger partial charge on any atom is 0.0468 e. The SMILES string of the molecule is CNC(CC1CCOCC1)C1CCCCCCC1. The summed E-state index contributed by atoms with van der Waals surface area (Å²) < 4.78 is 5.48. The maximum atomic E-state index is 5.48. The number of hydrogen-bond acceptors (Lipinski definition) is 2. The summed E-state index contributed by atoms with van der Waals surface area (Å²) in [6, 6.07) is 0.756. The lowest BCUT2D eigenvalue weighted by Crippen LogP contribution is -2.37. The minimum Gasteiger partial charge on any atom is -0.381 e. The van der Waals surface area contributed by atoms with E-state index in [0.29, 0.717) is 0 Å². The second-order valence-corrected chi connectivity index (χ2v) is 6.29. The Hall–Kier alpha value is -0.0800. The van der Waals surface area contributed by atoms with Gasteiger partial charge in [0.2, 0.25) is 0 Å². The largest absolute Gasteiger partial charge is 0.381 e. The molecule has 1 saturated heterocycles. The topological polar surface area (TPSA) is 21.3 Å². The fraction of sp³-hybridized carbons (Fsp3) is 1.00. The van der Waals surface area contributed by atoms with Gasteiger partial charge in [-0.25, -0.2) is 0 Å². The molecule has 1 saturated carbocycles. The van der Waals surface area contributed by atoms with Crippen molar-refractivity contribution < 1.29 is 4.74 Å². The van der Waals surface area contributed by atoms with Crippen molar-refractivity contribution in [2.75, 3.05) is 20.3 Å². The zero-order chi connectivity index (χ0) is 12.6. The summed E-state index contributed by atoms with van der Waals surface area (Å²) in [5.74, 6) is 1.83. The van der Waals surface area contributed by atoms with Crippen LogP contribution in [0.2, 0.25) is 0 Å². The van der Waals surface area contributed by atoms with Gasteiger partial charge >= 0.3 is 0 Å². The molecular formula is C16H31NO. The van der Waals surface area contributed by atoms with E-state index in [-0.39, 0.29) is 0 Å². The molecule has 1 heterocycles. The standard InChI is InChI=1S/C16H31NO/c1-17-16(13-14-9-11-18-12-10-14)15-7-5-3-2-4-6-8-15/h14-17H,2-13H2,1H3. The van der Waals surface area contributed by atoms with Crippen LogP contribution in [-0.2, 0) is 4.74 Å². The summed E-state index contributed by atoms with van der Waals surface area (Å²) in [5.41, 5.74) is 0. The Bertz CT molecular complexity index is 205. The molecule has 2 heteroatoms. The van der Waals surface area contributed by atoms with Gasteiger partial charge in [-0.05, 0) is 51.0 Å². The molecule has 1 unspecified atom stereocenters. The third kappa shape index (κ3) is 4.55. The number of rotatable bonds is 4. The van der Waals surface area contributed by atoms with Gasteiger partial charge in [0.05, 0.1) is 0 Å². The van der Waals surface area contributed by atoms with E-state index in [1.54, 1.807) is 0 Å². The summed E-state index contributed by atoms with van der Waals surface area (Å²) in [4.78, 5) is 0. The molecule has 2 rings (SSSR count). The lowest BCUT2D eigenvalue weighted by Gasteiger charge is -2.32. The average Bonchev–Trinajstić information content (AvgIpc) is 2.37. The number of nitrogens with one attached hydrogen (secondary N) is 1. The molecule has 1 aliphatic heterocycles. The summed E-state index contributed by atoms with van der Waals surface area (Å²) in [7, 11) is 2.17. The van der Waals surface area contributed by atoms with Crippen molar-refractivity contribution in [3.05, 3.63) is 0 Å². The van der Waals surface area contributed by atoms with Crippen LogP contribution in [-0.4, -0.2) is 26.3 Å². The van der Waals surface area contributed by atoms with Gasteiger partial charge in [0.25, 0.3) is 0 Å². The van der Waals surface area contributed by atoms with Crippen molar-refractivity contribution in [1.29, 1.82) is 0 Å². The second-order valence-electron chi connectivity index (χ2n) is 6.29. The van der Waals surface area contributed by atoms with Crippen molar-refractivity contribution in [2.24, 2.45) is 11.8 Å². The van der Waals surface area contributed by atoms with Crippen LogP contribution in [0.1, 0.15) is 64.2 Å². The Morgan fingerprint density at radius 3 is 2.17 bits per heavy atom. The molecule has 2 fully saturated rings. The van der Waals surface area contributed by atoms with Gasteiger partial charge in [-0.1, -0.05) is 32.1 Å². The van der Waals surface area contributed by atoms with Crippen LogP contribution in [0.4, 0.5) is 0 Å². The molecule has 2 nitrogen and oxygen atoms in total. The van der Waals surface area contributed by atoms with Crippen LogP contribution in [0.15, 0.2) is 0 Å². The Morgan fingerprint density at radius 2 is 1.56 bits per heavy atom. The predicted molar refractivity (Wildman–Crippen MR) is 76.8 cm³/mol. The zero-order valence-corrected chi connectivity index (χ0v) is 12.1. The molecule has 106 valence electrons. The molecule has 0 aromatic rings. The van der Waals surface area contributed by atoms with Crippen molar-refractivity contribution in [3.63, 3.8) is 0 Å². The Morgan fingerprint density at radius 1 is 0.944 bits per heavy atom. The highest BCUT2D eigenvalue weighted by Crippen LogP contribution is 2.30. The summed E-state index contributed by atoms with van der Waals surface area (Å²) in [5, 5.41) is 3.63. The third-order valence-electron chi connectivity index (χ3n) is 5.02. The van der Waals surface area contributed by atoms with E-state index in [0.717, 1.165) is 31.1 Å². The highest BCUT2D eigenvalue weighted by atomic mass is 16.5. The van der Waals surface area contributed by atoms with E-state index in [2.05, 4.69) is 12.4 Å². The molecule has 0 aromatic heterocycles. The molecule has 1 atom stereocenters. The van der Waals surface area contributed by atoms with E-state index < -0.39 is 0 Å². The fourth-order valence-electron chi connectivity index (χ4n) is 3.78. The Kier molecular flexibility index (Phi) is 6.50. The first-order chi connectivity index (χ1) is 8.90. The van der Waals surface area contributed by atoms with Crippen LogP contribution in [0.3, 0.4) is 0 Å². The van der Waals surface area contributed by atoms with Crippen LogP contribution in [0.25, 0.3) is 0 Å². The van der Waals surface area contributed by atoms with Crippen LogP contribution in [0.5, 0.6) is 0 Å². The molecule has 0 spiro atoms. The van der Waals surface area contributed by atoms with E-state index >= 15 is 0 Å². The van der Waals surface area contributed by atoms with Gasteiger partial charge in [0.1, 0.15) is 0 Å². The first-order valence-electron chi connectivity index (χ1n) is 8.15. The lowest BCUT2D eigenvalue weighted by molar-refractivity contribution is 0.0573. The normalized spacial score (nSPS) is 26.5. The average molecular weight is 253 g/mol. The molecule has 0 amide bonds. The van der Waals surface area contributed by atoms with Gasteiger partial charge in [0.15, 0.2) is 0 Å². The number of hydrogen-bond donors (Lipinski definition) is 1. The van der Waals surface area contributed by atoms with Gasteiger partial charge in [-0.2, -0.15) is 0 Å². The van der Waals surface area contributed by atoms with Crippen LogP contribution in [0, 0.1) is 11.8 Å². The van der Waals surface area contributed by atoms with Crippen molar-refractivity contribution >= 4 is 0 Å². The first-order valence-corrected chi connectivity index (χ1v) is 8.15. The molecule has 0 aromatic carbocycles. The Balaban J connectivity index is 1.81. The molecule has 18 heavy (non-hydrogen) atoms. The monoisotopic (exact) mass is 253 g/mol. The van der Waals surface area contributed by atoms with E-state index in [4.69, 9.17) is 4.74 Å². The molecular weight excluding hydrogens is 222 g/mol. The van der Waals surface area contributed by atoms with Gasteiger partial charge in [-0.15, -0.1) is 0 Å². The molecule has 0 radical (unpaired) electrons. The summed E-state index contributed by atoms with van der Waals surface area (Å²) >= 11 is 0. The smallest absolute Gasteiger partial charge is 0.0468 e. The van der Waals surface area contributed by atoms with Crippen molar-refractivity contribution in [3.8, 4) is 0 Å². The van der Waals surface area contributed by atoms with Crippen LogP contribution >= 0.6 is 0 Å². The fourth-order valence-corrected chi connectivity index (χ4v) is 3.78. The third-order valence-corrected chi connectivity index (χ3v) is 5.02. The summed E-state index contributed by atoms with van der Waals surface area (Å²) in [6.45, 7) is 1.98. The van der Waals surface area contributed by atoms with Crippen molar-refractivity contribution in [2.45, 2.75) is 70.3 Å². The van der Waals surface area contributed by atoms with E-state index in [9.17, 15) is 0 Å². The minimum atomic E-state index is 0.756. The second kappa shape index (κ2) is 8.16.